The third kappa shape index (κ3) is 5.28. The van der Waals surface area contributed by atoms with Crippen molar-refractivity contribution in [2.24, 2.45) is 0 Å². The Morgan fingerprint density at radius 1 is 0.935 bits per heavy atom. The van der Waals surface area contributed by atoms with E-state index in [9.17, 15) is 4.79 Å². The maximum absolute atomic E-state index is 11.8. The van der Waals surface area contributed by atoms with Crippen LogP contribution in [0.2, 0.25) is 5.02 Å². The number of rotatable bonds is 7. The lowest BCUT2D eigenvalue weighted by molar-refractivity contribution is -0.137. The summed E-state index contributed by atoms with van der Waals surface area (Å²) in [7, 11) is 3.22. The van der Waals surface area contributed by atoms with Crippen LogP contribution in [0.1, 0.15) is 18.1 Å². The van der Waals surface area contributed by atoms with Gasteiger partial charge in [0, 0.05) is 6.08 Å². The van der Waals surface area contributed by atoms with Gasteiger partial charge in [-0.25, -0.2) is 4.79 Å². The standard InChI is InChI=1S/C26H25ClO4/c1-5-31-26(28)13-8-19-15-21(29-3)9-11-23(19)18-6-10-22(17(2)14-18)20-7-12-25(30-4)24(27)16-20/h6-16H,5H2,1-4H3/b13-8+. The molecule has 0 bridgehead atoms. The highest BCUT2D eigenvalue weighted by molar-refractivity contribution is 6.32. The Balaban J connectivity index is 2.00. The van der Waals surface area contributed by atoms with Crippen molar-refractivity contribution in [1.29, 1.82) is 0 Å². The third-order valence-corrected chi connectivity index (χ3v) is 5.24. The molecule has 3 aromatic carbocycles. The molecule has 0 saturated carbocycles. The first kappa shape index (κ1) is 22.4. The van der Waals surface area contributed by atoms with E-state index in [4.69, 9.17) is 25.8 Å². The lowest BCUT2D eigenvalue weighted by Gasteiger charge is -2.13. The van der Waals surface area contributed by atoms with Gasteiger partial charge in [0.05, 0.1) is 25.8 Å². The molecular weight excluding hydrogens is 412 g/mol. The van der Waals surface area contributed by atoms with Gasteiger partial charge in [0.25, 0.3) is 0 Å². The highest BCUT2D eigenvalue weighted by atomic mass is 35.5. The molecule has 0 aliphatic rings. The molecule has 0 spiro atoms. The topological polar surface area (TPSA) is 44.8 Å². The smallest absolute Gasteiger partial charge is 0.330 e. The minimum atomic E-state index is -0.376. The van der Waals surface area contributed by atoms with Crippen LogP contribution in [0.3, 0.4) is 0 Å². The monoisotopic (exact) mass is 436 g/mol. The van der Waals surface area contributed by atoms with Crippen LogP contribution in [0, 0.1) is 6.92 Å². The molecule has 0 aliphatic carbocycles. The zero-order chi connectivity index (χ0) is 22.4. The molecule has 4 nitrogen and oxygen atoms in total. The van der Waals surface area contributed by atoms with E-state index in [0.717, 1.165) is 33.4 Å². The van der Waals surface area contributed by atoms with E-state index in [-0.39, 0.29) is 5.97 Å². The zero-order valence-electron chi connectivity index (χ0n) is 18.1. The maximum Gasteiger partial charge on any atom is 0.330 e. The Kier molecular flexibility index (Phi) is 7.37. The molecule has 0 aliphatic heterocycles. The summed E-state index contributed by atoms with van der Waals surface area (Å²) in [5.41, 5.74) is 6.11. The molecule has 0 heterocycles. The molecule has 160 valence electrons. The average molecular weight is 437 g/mol. The quantitative estimate of drug-likeness (QED) is 0.310. The molecule has 0 amide bonds. The minimum absolute atomic E-state index is 0.337. The van der Waals surface area contributed by atoms with E-state index in [0.29, 0.717) is 23.1 Å². The number of carbonyl (C=O) groups is 1. The van der Waals surface area contributed by atoms with Gasteiger partial charge in [-0.05, 0) is 77.6 Å². The summed E-state index contributed by atoms with van der Waals surface area (Å²) in [4.78, 5) is 11.8. The van der Waals surface area contributed by atoms with Gasteiger partial charge in [-0.2, -0.15) is 0 Å². The van der Waals surface area contributed by atoms with Crippen LogP contribution in [-0.4, -0.2) is 26.8 Å². The summed E-state index contributed by atoms with van der Waals surface area (Å²) in [5.74, 6) is 0.989. The molecule has 0 atom stereocenters. The zero-order valence-corrected chi connectivity index (χ0v) is 18.8. The number of halogens is 1. The fraction of sp³-hybridized carbons (Fsp3) is 0.192. The molecule has 5 heteroatoms. The van der Waals surface area contributed by atoms with E-state index in [1.807, 2.05) is 36.4 Å². The lowest BCUT2D eigenvalue weighted by Crippen LogP contribution is -1.99. The normalized spacial score (nSPS) is 10.9. The van der Waals surface area contributed by atoms with Gasteiger partial charge in [0.2, 0.25) is 0 Å². The molecule has 31 heavy (non-hydrogen) atoms. The Morgan fingerprint density at radius 3 is 2.29 bits per heavy atom. The molecule has 0 N–H and O–H groups in total. The van der Waals surface area contributed by atoms with Crippen LogP contribution in [-0.2, 0) is 9.53 Å². The summed E-state index contributed by atoms with van der Waals surface area (Å²) < 4.78 is 15.6. The fourth-order valence-corrected chi connectivity index (χ4v) is 3.66. The van der Waals surface area contributed by atoms with E-state index in [2.05, 4.69) is 25.1 Å². The van der Waals surface area contributed by atoms with Crippen LogP contribution in [0.5, 0.6) is 11.5 Å². The molecule has 3 rings (SSSR count). The van der Waals surface area contributed by atoms with Crippen molar-refractivity contribution in [2.45, 2.75) is 13.8 Å². The summed E-state index contributed by atoms with van der Waals surface area (Å²) in [5, 5.41) is 0.574. The number of benzene rings is 3. The van der Waals surface area contributed by atoms with Gasteiger partial charge in [-0.1, -0.05) is 41.9 Å². The second-order valence-electron chi connectivity index (χ2n) is 6.92. The van der Waals surface area contributed by atoms with Crippen molar-refractivity contribution in [2.75, 3.05) is 20.8 Å². The van der Waals surface area contributed by atoms with Crippen molar-refractivity contribution < 1.29 is 19.0 Å². The number of methoxy groups -OCH3 is 2. The van der Waals surface area contributed by atoms with E-state index in [1.54, 1.807) is 27.2 Å². The van der Waals surface area contributed by atoms with Crippen LogP contribution in [0.4, 0.5) is 0 Å². The summed E-state index contributed by atoms with van der Waals surface area (Å²) in [6, 6.07) is 17.8. The van der Waals surface area contributed by atoms with Crippen LogP contribution in [0.25, 0.3) is 28.3 Å². The summed E-state index contributed by atoms with van der Waals surface area (Å²) >= 11 is 6.31. The number of esters is 1. The van der Waals surface area contributed by atoms with Crippen molar-refractivity contribution in [3.63, 3.8) is 0 Å². The Labute approximate surface area is 188 Å². The molecule has 0 fully saturated rings. The SMILES string of the molecule is CCOC(=O)/C=C/c1cc(OC)ccc1-c1ccc(-c2ccc(OC)c(Cl)c2)c(C)c1. The first-order valence-corrected chi connectivity index (χ1v) is 10.3. The van der Waals surface area contributed by atoms with Gasteiger partial charge in [0.1, 0.15) is 11.5 Å². The van der Waals surface area contributed by atoms with Crippen LogP contribution in [0.15, 0.2) is 60.7 Å². The Morgan fingerprint density at radius 2 is 1.65 bits per heavy atom. The number of carbonyl (C=O) groups excluding carboxylic acids is 1. The first-order valence-electron chi connectivity index (χ1n) is 9.94. The number of hydrogen-bond acceptors (Lipinski definition) is 4. The molecule has 0 aromatic heterocycles. The fourth-order valence-electron chi connectivity index (χ4n) is 3.41. The third-order valence-electron chi connectivity index (χ3n) is 4.94. The van der Waals surface area contributed by atoms with E-state index in [1.165, 1.54) is 6.08 Å². The van der Waals surface area contributed by atoms with Gasteiger partial charge < -0.3 is 14.2 Å². The predicted molar refractivity (Wildman–Crippen MR) is 126 cm³/mol. The van der Waals surface area contributed by atoms with Crippen molar-refractivity contribution in [1.82, 2.24) is 0 Å². The van der Waals surface area contributed by atoms with Crippen molar-refractivity contribution in [3.8, 4) is 33.8 Å². The van der Waals surface area contributed by atoms with E-state index >= 15 is 0 Å². The van der Waals surface area contributed by atoms with Gasteiger partial charge in [-0.15, -0.1) is 0 Å². The second-order valence-corrected chi connectivity index (χ2v) is 7.32. The minimum Gasteiger partial charge on any atom is -0.497 e. The average Bonchev–Trinajstić information content (AvgIpc) is 2.77. The second kappa shape index (κ2) is 10.2. The summed E-state index contributed by atoms with van der Waals surface area (Å²) in [6.07, 6.45) is 3.19. The molecule has 0 saturated heterocycles. The highest BCUT2D eigenvalue weighted by Gasteiger charge is 2.10. The lowest BCUT2D eigenvalue weighted by atomic mass is 9.93. The van der Waals surface area contributed by atoms with Crippen LogP contribution < -0.4 is 9.47 Å². The first-order chi connectivity index (χ1) is 15.0. The number of hydrogen-bond donors (Lipinski definition) is 0. The molecule has 0 unspecified atom stereocenters. The Bertz CT molecular complexity index is 1120. The molecule has 0 radical (unpaired) electrons. The number of aryl methyl sites for hydroxylation is 1. The summed E-state index contributed by atoms with van der Waals surface area (Å²) in [6.45, 7) is 4.18. The predicted octanol–water partition coefficient (Wildman–Crippen LogP) is 6.58. The molecular formula is C26H25ClO4. The highest BCUT2D eigenvalue weighted by Crippen LogP contribution is 2.35. The van der Waals surface area contributed by atoms with E-state index < -0.39 is 0 Å². The van der Waals surface area contributed by atoms with Gasteiger partial charge >= 0.3 is 5.97 Å². The molecule has 3 aromatic rings. The van der Waals surface area contributed by atoms with Gasteiger partial charge in [0.15, 0.2) is 0 Å². The maximum atomic E-state index is 11.8. The number of ether oxygens (including phenoxy) is 3. The van der Waals surface area contributed by atoms with Gasteiger partial charge in [-0.3, -0.25) is 0 Å². The van der Waals surface area contributed by atoms with Crippen LogP contribution >= 0.6 is 11.6 Å². The van der Waals surface area contributed by atoms with Crippen molar-refractivity contribution in [3.05, 3.63) is 76.8 Å². The Hall–Kier alpha value is -3.24. The largest absolute Gasteiger partial charge is 0.497 e. The van der Waals surface area contributed by atoms with Crippen molar-refractivity contribution >= 4 is 23.6 Å².